The maximum absolute atomic E-state index is 13.2. The van der Waals surface area contributed by atoms with Crippen LogP contribution in [0.25, 0.3) is 0 Å². The smallest absolute Gasteiger partial charge is 0.225 e. The highest BCUT2D eigenvalue weighted by atomic mass is 32.2. The van der Waals surface area contributed by atoms with Crippen molar-refractivity contribution in [3.63, 3.8) is 0 Å². The molecule has 1 N–H and O–H groups in total. The Labute approximate surface area is 166 Å². The van der Waals surface area contributed by atoms with Crippen molar-refractivity contribution in [2.24, 2.45) is 5.41 Å². The predicted octanol–water partition coefficient (Wildman–Crippen LogP) is 3.57. The third kappa shape index (κ3) is 5.10. The second-order valence-electron chi connectivity index (χ2n) is 7.93. The lowest BCUT2D eigenvalue weighted by Gasteiger charge is -2.23. The van der Waals surface area contributed by atoms with Crippen molar-refractivity contribution in [3.05, 3.63) is 59.9 Å². The Kier molecular flexibility index (Phi) is 6.49. The van der Waals surface area contributed by atoms with Crippen molar-refractivity contribution < 1.29 is 17.6 Å². The van der Waals surface area contributed by atoms with Crippen LogP contribution in [0.5, 0.6) is 0 Å². The lowest BCUT2D eigenvalue weighted by atomic mass is 9.95. The van der Waals surface area contributed by atoms with Crippen LogP contribution in [0.15, 0.2) is 53.4 Å². The molecule has 0 aromatic heterocycles. The van der Waals surface area contributed by atoms with E-state index in [0.717, 1.165) is 17.8 Å². The molecular formula is C21H27FN2O3S. The molecule has 0 bridgehead atoms. The highest BCUT2D eigenvalue weighted by Crippen LogP contribution is 2.30. The van der Waals surface area contributed by atoms with Crippen LogP contribution >= 0.6 is 0 Å². The van der Waals surface area contributed by atoms with Crippen LogP contribution in [0, 0.1) is 11.2 Å². The third-order valence-corrected chi connectivity index (χ3v) is 6.54. The highest BCUT2D eigenvalue weighted by molar-refractivity contribution is 7.91. The first-order chi connectivity index (χ1) is 12.9. The van der Waals surface area contributed by atoms with Crippen molar-refractivity contribution in [1.29, 1.82) is 0 Å². The number of nitrogens with one attached hydrogen (secondary N) is 1. The summed E-state index contributed by atoms with van der Waals surface area (Å²) in [5.41, 5.74) is 0.850. The van der Waals surface area contributed by atoms with Gasteiger partial charge < -0.3 is 10.2 Å². The van der Waals surface area contributed by atoms with E-state index in [2.05, 4.69) is 5.32 Å². The van der Waals surface area contributed by atoms with Gasteiger partial charge in [-0.3, -0.25) is 4.79 Å². The van der Waals surface area contributed by atoms with Crippen molar-refractivity contribution >= 4 is 21.4 Å². The van der Waals surface area contributed by atoms with E-state index in [-0.39, 0.29) is 17.3 Å². The number of carbonyl (C=O) groups is 1. The summed E-state index contributed by atoms with van der Waals surface area (Å²) in [7, 11) is -0.0518. The van der Waals surface area contributed by atoms with Gasteiger partial charge in [-0.2, -0.15) is 0 Å². The van der Waals surface area contributed by atoms with Crippen LogP contribution in [0.2, 0.25) is 0 Å². The summed E-state index contributed by atoms with van der Waals surface area (Å²) < 4.78 is 39.7. The number of amides is 1. The molecule has 5 nitrogen and oxygen atoms in total. The number of halogens is 1. The van der Waals surface area contributed by atoms with Crippen LogP contribution in [-0.2, 0) is 14.6 Å². The van der Waals surface area contributed by atoms with E-state index in [9.17, 15) is 17.6 Å². The first-order valence-corrected chi connectivity index (χ1v) is 10.5. The van der Waals surface area contributed by atoms with E-state index in [1.807, 2.05) is 31.1 Å². The molecule has 0 unspecified atom stereocenters. The monoisotopic (exact) mass is 406 g/mol. The molecule has 1 atom stereocenters. The molecular weight excluding hydrogens is 379 g/mol. The molecule has 2 aromatic rings. The van der Waals surface area contributed by atoms with E-state index in [0.29, 0.717) is 5.56 Å². The molecule has 152 valence electrons. The SMILES string of the molecule is CN(C)c1ccc([C@@H](CNC(=O)C(C)(C)C)S(=O)(=O)c2ccc(F)cc2)cc1. The van der Waals surface area contributed by atoms with Gasteiger partial charge in [0, 0.05) is 31.7 Å². The Morgan fingerprint density at radius 2 is 1.57 bits per heavy atom. The summed E-state index contributed by atoms with van der Waals surface area (Å²) in [4.78, 5) is 14.2. The van der Waals surface area contributed by atoms with Crippen LogP contribution in [0.1, 0.15) is 31.6 Å². The molecule has 0 saturated carbocycles. The van der Waals surface area contributed by atoms with E-state index < -0.39 is 26.3 Å². The largest absolute Gasteiger partial charge is 0.378 e. The first kappa shape index (κ1) is 21.9. The third-order valence-electron chi connectivity index (χ3n) is 4.43. The van der Waals surface area contributed by atoms with Gasteiger partial charge in [-0.1, -0.05) is 32.9 Å². The van der Waals surface area contributed by atoms with Crippen molar-refractivity contribution in [2.45, 2.75) is 30.9 Å². The molecule has 0 saturated heterocycles. The second-order valence-corrected chi connectivity index (χ2v) is 10.1. The zero-order valence-corrected chi connectivity index (χ0v) is 17.7. The summed E-state index contributed by atoms with van der Waals surface area (Å²) in [5.74, 6) is -0.747. The topological polar surface area (TPSA) is 66.5 Å². The van der Waals surface area contributed by atoms with E-state index in [1.165, 1.54) is 12.1 Å². The molecule has 2 aromatic carbocycles. The molecule has 0 aliphatic heterocycles. The van der Waals surface area contributed by atoms with E-state index in [1.54, 1.807) is 32.9 Å². The number of hydrogen-bond donors (Lipinski definition) is 1. The summed E-state index contributed by atoms with van der Waals surface area (Å²) in [5, 5.41) is 1.76. The summed E-state index contributed by atoms with van der Waals surface area (Å²) in [6.07, 6.45) is 0. The Bertz CT molecular complexity index is 916. The fourth-order valence-electron chi connectivity index (χ4n) is 2.63. The predicted molar refractivity (Wildman–Crippen MR) is 110 cm³/mol. The van der Waals surface area contributed by atoms with Gasteiger partial charge in [-0.25, -0.2) is 12.8 Å². The minimum Gasteiger partial charge on any atom is -0.378 e. The average Bonchev–Trinajstić information content (AvgIpc) is 2.61. The number of rotatable bonds is 6. The molecule has 28 heavy (non-hydrogen) atoms. The number of benzene rings is 2. The number of anilines is 1. The first-order valence-electron chi connectivity index (χ1n) is 8.98. The maximum atomic E-state index is 13.2. The van der Waals surface area contributed by atoms with Gasteiger partial charge in [0.25, 0.3) is 0 Å². The lowest BCUT2D eigenvalue weighted by molar-refractivity contribution is -0.128. The van der Waals surface area contributed by atoms with Crippen molar-refractivity contribution in [2.75, 3.05) is 25.5 Å². The van der Waals surface area contributed by atoms with Gasteiger partial charge in [0.05, 0.1) is 4.90 Å². The number of nitrogens with zero attached hydrogens (tertiary/aromatic N) is 1. The minimum atomic E-state index is -3.84. The molecule has 0 aliphatic carbocycles. The Morgan fingerprint density at radius 3 is 2.04 bits per heavy atom. The number of sulfone groups is 1. The van der Waals surface area contributed by atoms with Crippen LogP contribution in [-0.4, -0.2) is 35.0 Å². The van der Waals surface area contributed by atoms with Gasteiger partial charge in [0.15, 0.2) is 9.84 Å². The van der Waals surface area contributed by atoms with Crippen LogP contribution in [0.4, 0.5) is 10.1 Å². The molecule has 0 aliphatic rings. The van der Waals surface area contributed by atoms with Gasteiger partial charge in [-0.05, 0) is 42.0 Å². The van der Waals surface area contributed by atoms with Gasteiger partial charge in [0.1, 0.15) is 11.1 Å². The molecule has 0 heterocycles. The molecule has 1 amide bonds. The zero-order chi connectivity index (χ0) is 21.1. The average molecular weight is 407 g/mol. The summed E-state index contributed by atoms with van der Waals surface area (Å²) in [6.45, 7) is 5.21. The highest BCUT2D eigenvalue weighted by Gasteiger charge is 2.31. The number of carbonyl (C=O) groups excluding carboxylic acids is 1. The molecule has 0 fully saturated rings. The quantitative estimate of drug-likeness (QED) is 0.745. The molecule has 2 rings (SSSR count). The van der Waals surface area contributed by atoms with Gasteiger partial charge in [0.2, 0.25) is 5.91 Å². The van der Waals surface area contributed by atoms with Crippen LogP contribution < -0.4 is 10.2 Å². The normalized spacial score (nSPS) is 13.1. The summed E-state index contributed by atoms with van der Waals surface area (Å²) in [6, 6.07) is 11.9. The maximum Gasteiger partial charge on any atom is 0.225 e. The Morgan fingerprint density at radius 1 is 1.04 bits per heavy atom. The van der Waals surface area contributed by atoms with Gasteiger partial charge >= 0.3 is 0 Å². The fraction of sp³-hybridized carbons (Fsp3) is 0.381. The lowest BCUT2D eigenvalue weighted by Crippen LogP contribution is -2.38. The van der Waals surface area contributed by atoms with Crippen molar-refractivity contribution in [1.82, 2.24) is 5.32 Å². The second kappa shape index (κ2) is 8.31. The fourth-order valence-corrected chi connectivity index (χ4v) is 4.30. The number of hydrogen-bond acceptors (Lipinski definition) is 4. The molecule has 0 spiro atoms. The Balaban J connectivity index is 2.43. The summed E-state index contributed by atoms with van der Waals surface area (Å²) >= 11 is 0. The van der Waals surface area contributed by atoms with E-state index >= 15 is 0 Å². The van der Waals surface area contributed by atoms with Gasteiger partial charge in [-0.15, -0.1) is 0 Å². The zero-order valence-electron chi connectivity index (χ0n) is 16.9. The minimum absolute atomic E-state index is 0.0144. The molecule has 0 radical (unpaired) electrons. The molecule has 7 heteroatoms. The van der Waals surface area contributed by atoms with E-state index in [4.69, 9.17) is 0 Å². The Hall–Kier alpha value is -2.41. The van der Waals surface area contributed by atoms with Crippen molar-refractivity contribution in [3.8, 4) is 0 Å². The standard InChI is InChI=1S/C21H27FN2O3S/c1-21(2,3)20(25)23-14-19(15-6-10-17(11-7-15)24(4)5)28(26,27)18-12-8-16(22)9-13-18/h6-13,19H,14H2,1-5H3,(H,23,25)/t19-/m1/s1. The van der Waals surface area contributed by atoms with Crippen LogP contribution in [0.3, 0.4) is 0 Å².